The molecule has 1 aromatic heterocycles. The Morgan fingerprint density at radius 2 is 2.27 bits per heavy atom. The maximum atomic E-state index is 5.99. The Kier molecular flexibility index (Phi) is 2.44. The van der Waals surface area contributed by atoms with Crippen LogP contribution in [0.15, 0.2) is 0 Å². The minimum atomic E-state index is 0.290. The predicted molar refractivity (Wildman–Crippen MR) is 60.8 cm³/mol. The number of fused-ring (bicyclic) bond motifs is 1. The van der Waals surface area contributed by atoms with Gasteiger partial charge in [0.25, 0.3) is 0 Å². The van der Waals surface area contributed by atoms with E-state index in [2.05, 4.69) is 14.8 Å². The first-order valence-electron chi connectivity index (χ1n) is 5.64. The lowest BCUT2D eigenvalue weighted by Crippen LogP contribution is -2.32. The SMILES string of the molecule is NC1CCc2nnc(C3CCCS3)n2C1. The van der Waals surface area contributed by atoms with Crippen LogP contribution in [0.25, 0.3) is 0 Å². The lowest BCUT2D eigenvalue weighted by Gasteiger charge is -2.22. The number of aromatic nitrogens is 3. The molecule has 2 atom stereocenters. The average Bonchev–Trinajstić information content (AvgIpc) is 2.83. The number of rotatable bonds is 1. The number of aryl methyl sites for hydroxylation is 1. The first-order chi connectivity index (χ1) is 7.34. The maximum Gasteiger partial charge on any atom is 0.146 e. The van der Waals surface area contributed by atoms with Crippen LogP contribution in [0, 0.1) is 0 Å². The molecule has 1 aromatic rings. The Morgan fingerprint density at radius 3 is 3.07 bits per heavy atom. The lowest BCUT2D eigenvalue weighted by atomic mass is 10.1. The fourth-order valence-corrected chi connectivity index (χ4v) is 3.67. The maximum absolute atomic E-state index is 5.99. The van der Waals surface area contributed by atoms with Gasteiger partial charge in [0.05, 0.1) is 5.25 Å². The molecule has 15 heavy (non-hydrogen) atoms. The quantitative estimate of drug-likeness (QED) is 0.776. The molecule has 0 radical (unpaired) electrons. The van der Waals surface area contributed by atoms with Crippen molar-refractivity contribution in [1.29, 1.82) is 0 Å². The number of nitrogens with zero attached hydrogens (tertiary/aromatic N) is 3. The molecule has 3 rings (SSSR count). The van der Waals surface area contributed by atoms with Crippen LogP contribution in [0.2, 0.25) is 0 Å². The van der Waals surface area contributed by atoms with Gasteiger partial charge in [-0.05, 0) is 25.0 Å². The van der Waals surface area contributed by atoms with Crippen LogP contribution < -0.4 is 5.73 Å². The summed E-state index contributed by atoms with van der Waals surface area (Å²) in [4.78, 5) is 0. The third-order valence-corrected chi connectivity index (χ3v) is 4.60. The highest BCUT2D eigenvalue weighted by Crippen LogP contribution is 2.39. The van der Waals surface area contributed by atoms with Gasteiger partial charge < -0.3 is 10.3 Å². The molecule has 2 N–H and O–H groups in total. The van der Waals surface area contributed by atoms with Gasteiger partial charge in [-0.2, -0.15) is 11.8 Å². The van der Waals surface area contributed by atoms with Crippen LogP contribution in [0.1, 0.15) is 36.2 Å². The van der Waals surface area contributed by atoms with E-state index in [4.69, 9.17) is 5.73 Å². The fraction of sp³-hybridized carbons (Fsp3) is 0.800. The van der Waals surface area contributed by atoms with Crippen LogP contribution in [-0.2, 0) is 13.0 Å². The topological polar surface area (TPSA) is 56.7 Å². The molecule has 0 amide bonds. The monoisotopic (exact) mass is 224 g/mol. The Balaban J connectivity index is 1.92. The molecule has 2 aliphatic rings. The number of hydrogen-bond acceptors (Lipinski definition) is 4. The zero-order valence-electron chi connectivity index (χ0n) is 8.72. The summed E-state index contributed by atoms with van der Waals surface area (Å²) < 4.78 is 2.26. The molecule has 0 saturated carbocycles. The summed E-state index contributed by atoms with van der Waals surface area (Å²) in [7, 11) is 0. The Labute approximate surface area is 93.6 Å². The van der Waals surface area contributed by atoms with Crippen LogP contribution >= 0.6 is 11.8 Å². The Hall–Kier alpha value is -0.550. The second-order valence-corrected chi connectivity index (χ2v) is 5.70. The van der Waals surface area contributed by atoms with Crippen molar-refractivity contribution in [1.82, 2.24) is 14.8 Å². The molecule has 2 unspecified atom stereocenters. The second-order valence-electron chi connectivity index (χ2n) is 4.39. The van der Waals surface area contributed by atoms with E-state index in [1.54, 1.807) is 0 Å². The third-order valence-electron chi connectivity index (χ3n) is 3.23. The Morgan fingerprint density at radius 1 is 1.33 bits per heavy atom. The van der Waals surface area contributed by atoms with E-state index < -0.39 is 0 Å². The van der Waals surface area contributed by atoms with E-state index in [1.165, 1.54) is 24.4 Å². The van der Waals surface area contributed by atoms with E-state index in [9.17, 15) is 0 Å². The van der Waals surface area contributed by atoms with E-state index in [-0.39, 0.29) is 0 Å². The van der Waals surface area contributed by atoms with Crippen LogP contribution in [0.5, 0.6) is 0 Å². The molecular formula is C10H16N4S. The highest BCUT2D eigenvalue weighted by molar-refractivity contribution is 7.99. The average molecular weight is 224 g/mol. The van der Waals surface area contributed by atoms with Gasteiger partial charge in [0.1, 0.15) is 11.6 Å². The zero-order chi connectivity index (χ0) is 10.3. The second kappa shape index (κ2) is 3.79. The Bertz CT molecular complexity index is 356. The van der Waals surface area contributed by atoms with Crippen LogP contribution in [-0.4, -0.2) is 26.6 Å². The van der Waals surface area contributed by atoms with Gasteiger partial charge >= 0.3 is 0 Å². The van der Waals surface area contributed by atoms with Crippen LogP contribution in [0.3, 0.4) is 0 Å². The van der Waals surface area contributed by atoms with Crippen molar-refractivity contribution in [3.05, 3.63) is 11.6 Å². The molecule has 0 spiro atoms. The molecule has 5 heteroatoms. The van der Waals surface area contributed by atoms with Crippen molar-refractivity contribution < 1.29 is 0 Å². The molecule has 82 valence electrons. The van der Waals surface area contributed by atoms with Crippen molar-refractivity contribution in [2.24, 2.45) is 5.73 Å². The van der Waals surface area contributed by atoms with Gasteiger partial charge in [0.15, 0.2) is 0 Å². The number of thioether (sulfide) groups is 1. The van der Waals surface area contributed by atoms with E-state index in [0.717, 1.165) is 25.2 Å². The van der Waals surface area contributed by atoms with Gasteiger partial charge in [-0.3, -0.25) is 0 Å². The standard InChI is InChI=1S/C10H16N4S/c11-7-3-4-9-12-13-10(14(9)6-7)8-2-1-5-15-8/h7-8H,1-6,11H2. The molecule has 1 fully saturated rings. The molecule has 0 aliphatic carbocycles. The summed E-state index contributed by atoms with van der Waals surface area (Å²) in [6.07, 6.45) is 4.60. The van der Waals surface area contributed by atoms with Gasteiger partial charge in [-0.1, -0.05) is 0 Å². The number of nitrogens with two attached hydrogens (primary N) is 1. The normalized spacial score (nSPS) is 30.5. The fourth-order valence-electron chi connectivity index (χ4n) is 2.39. The first kappa shape index (κ1) is 9.66. The highest BCUT2D eigenvalue weighted by atomic mass is 32.2. The van der Waals surface area contributed by atoms with Crippen molar-refractivity contribution >= 4 is 11.8 Å². The zero-order valence-corrected chi connectivity index (χ0v) is 9.54. The van der Waals surface area contributed by atoms with Gasteiger partial charge in [-0.15, -0.1) is 10.2 Å². The highest BCUT2D eigenvalue weighted by Gasteiger charge is 2.27. The van der Waals surface area contributed by atoms with E-state index >= 15 is 0 Å². The first-order valence-corrected chi connectivity index (χ1v) is 6.68. The molecule has 2 aliphatic heterocycles. The van der Waals surface area contributed by atoms with Crippen molar-refractivity contribution in [3.8, 4) is 0 Å². The van der Waals surface area contributed by atoms with Crippen molar-refractivity contribution in [2.45, 2.75) is 43.5 Å². The van der Waals surface area contributed by atoms with E-state index in [0.29, 0.717) is 11.3 Å². The third kappa shape index (κ3) is 1.67. The van der Waals surface area contributed by atoms with Crippen LogP contribution in [0.4, 0.5) is 0 Å². The predicted octanol–water partition coefficient (Wildman–Crippen LogP) is 1.12. The van der Waals surface area contributed by atoms with Crippen molar-refractivity contribution in [3.63, 3.8) is 0 Å². The van der Waals surface area contributed by atoms with Gasteiger partial charge in [0.2, 0.25) is 0 Å². The smallest absolute Gasteiger partial charge is 0.146 e. The minimum absolute atomic E-state index is 0.290. The molecule has 1 saturated heterocycles. The summed E-state index contributed by atoms with van der Waals surface area (Å²) >= 11 is 2.01. The summed E-state index contributed by atoms with van der Waals surface area (Å²) in [6.45, 7) is 0.911. The van der Waals surface area contributed by atoms with Gasteiger partial charge in [0, 0.05) is 19.0 Å². The van der Waals surface area contributed by atoms with Crippen molar-refractivity contribution in [2.75, 3.05) is 5.75 Å². The van der Waals surface area contributed by atoms with Gasteiger partial charge in [-0.25, -0.2) is 0 Å². The molecule has 3 heterocycles. The summed E-state index contributed by atoms with van der Waals surface area (Å²) in [5.74, 6) is 3.57. The molecule has 4 nitrogen and oxygen atoms in total. The molecule has 0 aromatic carbocycles. The minimum Gasteiger partial charge on any atom is -0.326 e. The van der Waals surface area contributed by atoms with E-state index in [1.807, 2.05) is 11.8 Å². The summed E-state index contributed by atoms with van der Waals surface area (Å²) in [6, 6.07) is 0.290. The largest absolute Gasteiger partial charge is 0.326 e. The summed E-state index contributed by atoms with van der Waals surface area (Å²) in [5, 5.41) is 9.20. The number of hydrogen-bond donors (Lipinski definition) is 1. The summed E-state index contributed by atoms with van der Waals surface area (Å²) in [5.41, 5.74) is 5.99. The molecule has 0 bridgehead atoms. The molecular weight excluding hydrogens is 208 g/mol. The lowest BCUT2D eigenvalue weighted by molar-refractivity contribution is 0.442.